The molecule has 0 saturated carbocycles. The Kier molecular flexibility index (Phi) is 34.8. The van der Waals surface area contributed by atoms with Gasteiger partial charge in [-0.2, -0.15) is 0 Å². The molecule has 0 aromatic heterocycles. The Morgan fingerprint density at radius 1 is 0.376 bits per heavy atom. The maximum atomic E-state index is 11.7. The van der Waals surface area contributed by atoms with Crippen LogP contribution in [0.2, 0.25) is 0 Å². The van der Waals surface area contributed by atoms with E-state index in [9.17, 15) is 80.1 Å². The molecule has 23 nitrogen and oxygen atoms in total. The fourth-order valence-corrected chi connectivity index (χ4v) is 25.5. The summed E-state index contributed by atoms with van der Waals surface area (Å²) in [5.41, 5.74) is 9.52. The molecule has 1 fully saturated rings. The van der Waals surface area contributed by atoms with Crippen molar-refractivity contribution in [2.24, 2.45) is 29.6 Å². The highest BCUT2D eigenvalue weighted by Crippen LogP contribution is 2.63. The first kappa shape index (κ1) is 115. The van der Waals surface area contributed by atoms with Crippen molar-refractivity contribution in [3.8, 4) is 57.5 Å². The fraction of sp³-hybridized carbons (Fsp3) is 0.579. The lowest BCUT2D eigenvalue weighted by Gasteiger charge is -2.47. The highest BCUT2D eigenvalue weighted by atomic mass is 16.6. The largest absolute Gasteiger partial charge is 0.508 e. The minimum Gasteiger partial charge on any atom is -0.508 e. The number of aliphatic hydroxyl groups excluding tert-OH is 2. The number of phenolic OH excluding ortho intramolecular Hbond substituents is 4. The number of carboxylic acids is 5. The molecule has 6 aliphatic heterocycles. The normalized spacial score (nSPS) is 24.4. The Labute approximate surface area is 884 Å². The predicted octanol–water partition coefficient (Wildman–Crippen LogP) is 27.7. The summed E-state index contributed by atoms with van der Waals surface area (Å²) in [4.78, 5) is 57.9. The SMILES string of the molecule is CC(C)(c1ccccc1)c1cc(O)c2c(c1)OC(C)(C)[C@@H]1CC=C(C(=O)O)C[C@@H]21.CC/C=C\CCC(C)(C)c1cc(O)c2c(c1)OC(C)(C)[C@@H]1CC=C(C(=O)O)C[C@@H]21.CCC(O)C(O)CCC(C)(C)c1cc(O)c2c(c1)OC(C)(C)[C@@H]1CC=C(C(=O)O)C[C@@H]21.CCC1OC1CCC(C)(C)c1cc(O)c2c(c1)OC(C)(C)[C@@H]1CC=C(C(=O)O)C[C@@H]21.CCCCCCC(C)(C)c1cc(OC)c2c(c1)OC(C)(C)[C@@H]1CC=C(C(=O)O)C[C@@H]21. The molecular formula is C126H170O23. The third-order valence-corrected chi connectivity index (χ3v) is 35.5. The zero-order valence-corrected chi connectivity index (χ0v) is 93.1. The van der Waals surface area contributed by atoms with Crippen molar-refractivity contribution in [3.05, 3.63) is 223 Å². The van der Waals surface area contributed by atoms with Crippen molar-refractivity contribution >= 4 is 29.8 Å². The summed E-state index contributed by atoms with van der Waals surface area (Å²) in [5.74, 6) is 1.33. The summed E-state index contributed by atoms with van der Waals surface area (Å²) in [7, 11) is 1.71. The number of ether oxygens (including phenoxy) is 7. The Morgan fingerprint density at radius 3 is 1.01 bits per heavy atom. The Morgan fingerprint density at radius 2 is 0.691 bits per heavy atom. The second-order valence-corrected chi connectivity index (χ2v) is 49.7. The number of benzene rings is 6. The number of phenols is 4. The molecule has 6 aromatic rings. The van der Waals surface area contributed by atoms with Crippen molar-refractivity contribution in [1.82, 2.24) is 0 Å². The number of allylic oxidation sites excluding steroid dienone is 7. The van der Waals surface area contributed by atoms with Crippen LogP contribution in [0.4, 0.5) is 0 Å². The molecule has 4 unspecified atom stereocenters. The summed E-state index contributed by atoms with van der Waals surface area (Å²) in [6, 6.07) is 30.0. The lowest BCUT2D eigenvalue weighted by Crippen LogP contribution is -2.46. The van der Waals surface area contributed by atoms with Gasteiger partial charge in [-0.15, -0.1) is 0 Å². The molecule has 812 valence electrons. The first-order valence-electron chi connectivity index (χ1n) is 54.7. The van der Waals surface area contributed by atoms with Crippen LogP contribution in [0.15, 0.2) is 161 Å². The number of aliphatic carboxylic acids is 5. The van der Waals surface area contributed by atoms with Gasteiger partial charge in [-0.25, -0.2) is 24.0 Å². The molecule has 5 aliphatic carbocycles. The molecule has 23 heteroatoms. The fourth-order valence-electron chi connectivity index (χ4n) is 25.5. The number of fused-ring (bicyclic) bond motifs is 15. The van der Waals surface area contributed by atoms with Gasteiger partial charge < -0.3 is 89.3 Å². The first-order valence-corrected chi connectivity index (χ1v) is 54.7. The van der Waals surface area contributed by atoms with Crippen LogP contribution in [-0.2, 0) is 55.8 Å². The van der Waals surface area contributed by atoms with Gasteiger partial charge in [-0.1, -0.05) is 195 Å². The minimum absolute atomic E-state index is 0.0269. The van der Waals surface area contributed by atoms with Crippen molar-refractivity contribution in [2.45, 2.75) is 429 Å². The lowest BCUT2D eigenvalue weighted by molar-refractivity contribution is -0.134. The minimum atomic E-state index is -0.908. The van der Waals surface area contributed by atoms with E-state index in [-0.39, 0.29) is 115 Å². The van der Waals surface area contributed by atoms with E-state index in [0.29, 0.717) is 152 Å². The van der Waals surface area contributed by atoms with Gasteiger partial charge in [0, 0.05) is 120 Å². The van der Waals surface area contributed by atoms with Gasteiger partial charge in [0.15, 0.2) is 0 Å². The van der Waals surface area contributed by atoms with Crippen LogP contribution in [0.25, 0.3) is 0 Å². The van der Waals surface area contributed by atoms with Crippen LogP contribution in [0.1, 0.15) is 411 Å². The molecule has 11 aliphatic rings. The number of unbranched alkanes of at least 4 members (excludes halogenated alkanes) is 3. The molecule has 11 N–H and O–H groups in total. The van der Waals surface area contributed by atoms with Gasteiger partial charge in [0.25, 0.3) is 0 Å². The molecule has 0 radical (unpaired) electrons. The molecule has 1 saturated heterocycles. The molecule has 6 aromatic carbocycles. The summed E-state index contributed by atoms with van der Waals surface area (Å²) in [6.45, 7) is 50.7. The van der Waals surface area contributed by atoms with Crippen molar-refractivity contribution < 1.29 is 113 Å². The number of hydrogen-bond acceptors (Lipinski definition) is 18. The number of epoxide rings is 1. The molecule has 6 heterocycles. The molecule has 0 bridgehead atoms. The molecule has 17 rings (SSSR count). The zero-order valence-electron chi connectivity index (χ0n) is 93.1. The molecule has 0 spiro atoms. The van der Waals surface area contributed by atoms with E-state index in [1.165, 1.54) is 31.2 Å². The Bertz CT molecular complexity index is 6100. The van der Waals surface area contributed by atoms with Gasteiger partial charge in [0.05, 0.1) is 31.5 Å². The number of rotatable bonds is 30. The molecule has 149 heavy (non-hydrogen) atoms. The van der Waals surface area contributed by atoms with E-state index in [0.717, 1.165) is 107 Å². The summed E-state index contributed by atoms with van der Waals surface area (Å²) < 4.78 is 43.7. The van der Waals surface area contributed by atoms with Gasteiger partial charge >= 0.3 is 29.8 Å². The number of methoxy groups -OCH3 is 1. The van der Waals surface area contributed by atoms with E-state index in [2.05, 4.69) is 180 Å². The maximum absolute atomic E-state index is 11.7. The van der Waals surface area contributed by atoms with Gasteiger partial charge in [0.1, 0.15) is 85.5 Å². The maximum Gasteiger partial charge on any atom is 0.331 e. The monoisotopic (exact) mass is 2050 g/mol. The summed E-state index contributed by atoms with van der Waals surface area (Å²) >= 11 is 0. The second kappa shape index (κ2) is 45.1. The Balaban J connectivity index is 0.000000155. The van der Waals surface area contributed by atoms with E-state index < -0.39 is 64.5 Å². The number of aromatic hydroxyl groups is 4. The van der Waals surface area contributed by atoms with Gasteiger partial charge in [-0.05, 0) is 313 Å². The second-order valence-electron chi connectivity index (χ2n) is 49.7. The van der Waals surface area contributed by atoms with E-state index in [1.54, 1.807) is 19.3 Å². The average molecular weight is 2050 g/mol. The highest BCUT2D eigenvalue weighted by molar-refractivity contribution is 5.89. The van der Waals surface area contributed by atoms with Crippen LogP contribution in [0.5, 0.6) is 57.5 Å². The van der Waals surface area contributed by atoms with Crippen LogP contribution < -0.4 is 28.4 Å². The van der Waals surface area contributed by atoms with Crippen molar-refractivity contribution in [1.29, 1.82) is 0 Å². The summed E-state index contributed by atoms with van der Waals surface area (Å²) in [6.07, 6.45) is 31.9. The van der Waals surface area contributed by atoms with Crippen LogP contribution in [-0.4, -0.2) is 146 Å². The van der Waals surface area contributed by atoms with Gasteiger partial charge in [0.2, 0.25) is 0 Å². The van der Waals surface area contributed by atoms with Crippen LogP contribution in [0, 0.1) is 29.6 Å². The topological polar surface area (TPSA) is 376 Å². The van der Waals surface area contributed by atoms with E-state index in [1.807, 2.05) is 107 Å². The molecule has 14 atom stereocenters. The Hall–Kier alpha value is -11.0. The lowest BCUT2D eigenvalue weighted by atomic mass is 9.66. The van der Waals surface area contributed by atoms with E-state index in [4.69, 9.17) is 33.2 Å². The number of carbonyl (C=O) groups is 5. The molecule has 0 amide bonds. The third kappa shape index (κ3) is 25.2. The van der Waals surface area contributed by atoms with Crippen LogP contribution in [0.3, 0.4) is 0 Å². The average Bonchev–Trinajstić information content (AvgIpc) is 1.63. The number of aliphatic hydroxyl groups is 2. The smallest absolute Gasteiger partial charge is 0.331 e. The number of carboxylic acid groups (broad SMARTS) is 5. The van der Waals surface area contributed by atoms with Crippen LogP contribution >= 0.6 is 0 Å². The standard InChI is InChI=1S/C26H38O4.C25H36O6.C25H34O5.C25H28O4.C25H34O4/c1-7-8-9-10-13-25(2,3)18-15-21(29-6)23-19-14-17(24(27)28)11-12-20(19)26(4,5)30-22(23)16-18;1-6-18(26)19(27)9-10-24(2,3)15-12-20(28)22-16-11-14(23(29)30)7-8-17(16)25(4,5)31-21(22)13-15;1-6-19-20(29-19)9-10-24(2,3)15-12-18(26)22-16-11-14(23(27)28)7-8-17(16)25(4,5)30-21(22)13-15;1-24(2,16-8-6-5-7-9-16)17-13-20(26)22-18-12-15(23(27)28)10-11-19(18)25(3,4)29-21(22)14-17;1-6-7-8-9-12-24(2,3)17-14-20(26)22-18-13-16(23(27)28)10-11-19(18)25(4,5)29-21(22)15-17/h11,15-16,19-20H,7-10,12-14H2,1-6H3,(H,27,28);7,12-13,16-19,26-28H,6,8-11H2,1-5H3,(H,29,30);7,12-13,16-17,19-20,26H,6,8-11H2,1-5H3,(H,27,28);5-10,13-14,18-19,26H,11-12H2,1-4H3,(H,27,28);7-8,10,14-15,18-19,26H,6,9,11-13H2,1-5H3,(H,27,28)/b;;;;8-7-/t19-,20-;16-,17-,18?,19?;16-,17-,19?,20?;2*18-,19-/m11111/s1. The predicted molar refractivity (Wildman–Crippen MR) is 583 cm³/mol. The zero-order chi connectivity index (χ0) is 109. The highest BCUT2D eigenvalue weighted by Gasteiger charge is 2.55. The third-order valence-electron chi connectivity index (χ3n) is 35.5. The van der Waals surface area contributed by atoms with Crippen molar-refractivity contribution in [2.75, 3.05) is 7.11 Å². The summed E-state index contributed by atoms with van der Waals surface area (Å²) in [5, 5.41) is 112. The van der Waals surface area contributed by atoms with Crippen molar-refractivity contribution in [3.63, 3.8) is 0 Å². The molecular weight excluding hydrogens is 1880 g/mol. The quantitative estimate of drug-likeness (QED) is 0.0113. The number of hydrogen-bond donors (Lipinski definition) is 11. The van der Waals surface area contributed by atoms with Gasteiger partial charge in [-0.3, -0.25) is 0 Å². The van der Waals surface area contributed by atoms with E-state index >= 15 is 0 Å². The first-order chi connectivity index (χ1) is 69.7.